The lowest BCUT2D eigenvalue weighted by Gasteiger charge is -2.04. The van der Waals surface area contributed by atoms with Crippen LogP contribution in [0.15, 0.2) is 30.5 Å². The average molecular weight is 242 g/mol. The number of hydrogen-bond donors (Lipinski definition) is 1. The molecule has 0 aliphatic heterocycles. The Hall–Kier alpha value is -2.23. The highest BCUT2D eigenvalue weighted by Crippen LogP contribution is 2.12. The number of hydrogen-bond acceptors (Lipinski definition) is 3. The number of aromatic carboxylic acids is 1. The van der Waals surface area contributed by atoms with E-state index in [9.17, 15) is 4.79 Å². The zero-order valence-electron chi connectivity index (χ0n) is 10.3. The number of carboxylic acids is 1. The highest BCUT2D eigenvalue weighted by atomic mass is 16.4. The zero-order valence-corrected chi connectivity index (χ0v) is 10.3. The van der Waals surface area contributed by atoms with Crippen molar-refractivity contribution < 1.29 is 9.90 Å². The summed E-state index contributed by atoms with van der Waals surface area (Å²) in [6.45, 7) is 4.07. The third-order valence-electron chi connectivity index (χ3n) is 2.57. The topological polar surface area (TPSA) is 63.1 Å². The Kier molecular flexibility index (Phi) is 3.37. The fourth-order valence-corrected chi connectivity index (χ4v) is 1.96. The summed E-state index contributed by atoms with van der Waals surface area (Å²) in [5, 5.41) is 8.87. The standard InChI is InChI=1S/C14H14N2O2/c1-9-5-10(2)7-11(6-9)8-13-15-4-3-12(16-13)14(17)18/h3-7H,8H2,1-2H3,(H,17,18). The molecule has 1 aromatic carbocycles. The van der Waals surface area contributed by atoms with Gasteiger partial charge in [0.05, 0.1) is 0 Å². The average Bonchev–Trinajstić information content (AvgIpc) is 2.27. The first-order valence-electron chi connectivity index (χ1n) is 5.67. The van der Waals surface area contributed by atoms with Crippen molar-refractivity contribution in [2.24, 2.45) is 0 Å². The molecule has 92 valence electrons. The Balaban J connectivity index is 2.28. The van der Waals surface area contributed by atoms with Crippen LogP contribution in [0.5, 0.6) is 0 Å². The number of carbonyl (C=O) groups is 1. The number of nitrogens with zero attached hydrogens (tertiary/aromatic N) is 2. The number of aromatic nitrogens is 2. The summed E-state index contributed by atoms with van der Waals surface area (Å²) in [7, 11) is 0. The third kappa shape index (κ3) is 2.91. The summed E-state index contributed by atoms with van der Waals surface area (Å²) >= 11 is 0. The Morgan fingerprint density at radius 1 is 1.22 bits per heavy atom. The Labute approximate surface area is 105 Å². The Morgan fingerprint density at radius 3 is 2.50 bits per heavy atom. The monoisotopic (exact) mass is 242 g/mol. The molecule has 1 heterocycles. The lowest BCUT2D eigenvalue weighted by atomic mass is 10.0. The molecule has 0 saturated heterocycles. The largest absolute Gasteiger partial charge is 0.477 e. The molecule has 4 heteroatoms. The number of rotatable bonds is 3. The molecule has 0 radical (unpaired) electrons. The highest BCUT2D eigenvalue weighted by molar-refractivity contribution is 5.85. The van der Waals surface area contributed by atoms with Crippen molar-refractivity contribution >= 4 is 5.97 Å². The predicted octanol–water partition coefficient (Wildman–Crippen LogP) is 2.38. The first-order valence-corrected chi connectivity index (χ1v) is 5.67. The summed E-state index contributed by atoms with van der Waals surface area (Å²) in [5.74, 6) is -0.501. The van der Waals surface area contributed by atoms with E-state index in [1.807, 2.05) is 13.8 Å². The van der Waals surface area contributed by atoms with E-state index in [4.69, 9.17) is 5.11 Å². The maximum Gasteiger partial charge on any atom is 0.354 e. The van der Waals surface area contributed by atoms with Gasteiger partial charge in [-0.3, -0.25) is 0 Å². The minimum absolute atomic E-state index is 0.0318. The molecule has 1 N–H and O–H groups in total. The van der Waals surface area contributed by atoms with Crippen LogP contribution in [0.1, 0.15) is 33.0 Å². The Bertz CT molecular complexity index is 574. The molecule has 0 saturated carbocycles. The fourth-order valence-electron chi connectivity index (χ4n) is 1.96. The first kappa shape index (κ1) is 12.2. The smallest absolute Gasteiger partial charge is 0.354 e. The molecule has 0 atom stereocenters. The van der Waals surface area contributed by atoms with Crippen molar-refractivity contribution in [3.8, 4) is 0 Å². The van der Waals surface area contributed by atoms with Gasteiger partial charge in [-0.15, -0.1) is 0 Å². The van der Waals surface area contributed by atoms with Crippen LogP contribution < -0.4 is 0 Å². The number of carboxylic acid groups (broad SMARTS) is 1. The van der Waals surface area contributed by atoms with Gasteiger partial charge in [-0.25, -0.2) is 14.8 Å². The molecular weight excluding hydrogens is 228 g/mol. The van der Waals surface area contributed by atoms with Gasteiger partial charge in [-0.05, 0) is 25.5 Å². The lowest BCUT2D eigenvalue weighted by molar-refractivity contribution is 0.0690. The molecule has 4 nitrogen and oxygen atoms in total. The Morgan fingerprint density at radius 2 is 1.89 bits per heavy atom. The van der Waals surface area contributed by atoms with Gasteiger partial charge >= 0.3 is 5.97 Å². The van der Waals surface area contributed by atoms with Crippen LogP contribution in [0.2, 0.25) is 0 Å². The molecule has 0 spiro atoms. The van der Waals surface area contributed by atoms with Crippen LogP contribution in [-0.4, -0.2) is 21.0 Å². The second-order valence-corrected chi connectivity index (χ2v) is 4.34. The van der Waals surface area contributed by atoms with Crippen LogP contribution in [0.3, 0.4) is 0 Å². The molecule has 2 aromatic rings. The van der Waals surface area contributed by atoms with Crippen LogP contribution in [0.4, 0.5) is 0 Å². The van der Waals surface area contributed by atoms with Gasteiger partial charge in [0.2, 0.25) is 0 Å². The van der Waals surface area contributed by atoms with Crippen molar-refractivity contribution in [3.63, 3.8) is 0 Å². The summed E-state index contributed by atoms with van der Waals surface area (Å²) in [4.78, 5) is 18.9. The van der Waals surface area contributed by atoms with Crippen molar-refractivity contribution in [2.45, 2.75) is 20.3 Å². The molecule has 2 rings (SSSR count). The number of aryl methyl sites for hydroxylation is 2. The second kappa shape index (κ2) is 4.96. The molecular formula is C14H14N2O2. The van der Waals surface area contributed by atoms with E-state index >= 15 is 0 Å². The van der Waals surface area contributed by atoms with Crippen molar-refractivity contribution in [3.05, 3.63) is 58.7 Å². The molecule has 0 fully saturated rings. The summed E-state index contributed by atoms with van der Waals surface area (Å²) in [5.41, 5.74) is 3.48. The number of benzene rings is 1. The van der Waals surface area contributed by atoms with Crippen molar-refractivity contribution in [2.75, 3.05) is 0 Å². The minimum Gasteiger partial charge on any atom is -0.477 e. The zero-order chi connectivity index (χ0) is 13.1. The predicted molar refractivity (Wildman–Crippen MR) is 67.7 cm³/mol. The maximum atomic E-state index is 10.8. The van der Waals surface area contributed by atoms with Gasteiger partial charge in [0.1, 0.15) is 5.82 Å². The highest BCUT2D eigenvalue weighted by Gasteiger charge is 2.07. The summed E-state index contributed by atoms with van der Waals surface area (Å²) in [6.07, 6.45) is 2.03. The van der Waals surface area contributed by atoms with Gasteiger partial charge in [-0.2, -0.15) is 0 Å². The van der Waals surface area contributed by atoms with Crippen LogP contribution >= 0.6 is 0 Å². The lowest BCUT2D eigenvalue weighted by Crippen LogP contribution is -2.05. The third-order valence-corrected chi connectivity index (χ3v) is 2.57. The molecule has 18 heavy (non-hydrogen) atoms. The quantitative estimate of drug-likeness (QED) is 0.897. The molecule has 1 aromatic heterocycles. The minimum atomic E-state index is -1.03. The first-order chi connectivity index (χ1) is 8.54. The molecule has 0 aliphatic rings. The van der Waals surface area contributed by atoms with Gasteiger partial charge in [0, 0.05) is 12.6 Å². The maximum absolute atomic E-state index is 10.8. The van der Waals surface area contributed by atoms with Gasteiger partial charge < -0.3 is 5.11 Å². The summed E-state index contributed by atoms with van der Waals surface area (Å²) in [6, 6.07) is 7.61. The van der Waals surface area contributed by atoms with E-state index in [0.29, 0.717) is 12.2 Å². The van der Waals surface area contributed by atoms with Gasteiger partial charge in [0.25, 0.3) is 0 Å². The van der Waals surface area contributed by atoms with E-state index in [0.717, 1.165) is 5.56 Å². The molecule has 0 unspecified atom stereocenters. The SMILES string of the molecule is Cc1cc(C)cc(Cc2nccc(C(=O)O)n2)c1. The van der Waals surface area contributed by atoms with E-state index in [1.165, 1.54) is 23.4 Å². The van der Waals surface area contributed by atoms with Gasteiger partial charge in [-0.1, -0.05) is 29.3 Å². The van der Waals surface area contributed by atoms with E-state index in [1.54, 1.807) is 0 Å². The summed E-state index contributed by atoms with van der Waals surface area (Å²) < 4.78 is 0. The second-order valence-electron chi connectivity index (χ2n) is 4.34. The van der Waals surface area contributed by atoms with Gasteiger partial charge in [0.15, 0.2) is 5.69 Å². The van der Waals surface area contributed by atoms with E-state index in [-0.39, 0.29) is 5.69 Å². The van der Waals surface area contributed by atoms with Crippen LogP contribution in [0.25, 0.3) is 0 Å². The van der Waals surface area contributed by atoms with Crippen LogP contribution in [-0.2, 0) is 6.42 Å². The molecule has 0 aliphatic carbocycles. The van der Waals surface area contributed by atoms with E-state index in [2.05, 4.69) is 28.2 Å². The molecule has 0 amide bonds. The normalized spacial score (nSPS) is 10.3. The fraction of sp³-hybridized carbons (Fsp3) is 0.214. The van der Waals surface area contributed by atoms with Crippen molar-refractivity contribution in [1.82, 2.24) is 9.97 Å². The van der Waals surface area contributed by atoms with Crippen LogP contribution in [0, 0.1) is 13.8 Å². The van der Waals surface area contributed by atoms with E-state index < -0.39 is 5.97 Å². The molecule has 0 bridgehead atoms. The van der Waals surface area contributed by atoms with Crippen molar-refractivity contribution in [1.29, 1.82) is 0 Å².